The molecule has 2 aliphatic rings. The Kier molecular flexibility index (Phi) is 3.08. The van der Waals surface area contributed by atoms with Crippen LogP contribution in [0.15, 0.2) is 24.3 Å². The van der Waals surface area contributed by atoms with Crippen LogP contribution in [0.5, 0.6) is 0 Å². The van der Waals surface area contributed by atoms with Gasteiger partial charge in [0, 0.05) is 30.7 Å². The number of benzene rings is 1. The van der Waals surface area contributed by atoms with Gasteiger partial charge in [0.25, 0.3) is 5.91 Å². The standard InChI is InChI=1S/C15H20N2O/c1-11-4-2-3-5-14(11)15(18)16-12-8-9-17(10-12)13-6-7-13/h2-5,12-13H,6-10H2,1H3,(H,16,18)/t12-/m1/s1. The number of nitrogens with one attached hydrogen (secondary N) is 1. The molecule has 1 aromatic rings. The van der Waals surface area contributed by atoms with Gasteiger partial charge in [0.2, 0.25) is 0 Å². The third kappa shape index (κ3) is 2.41. The van der Waals surface area contributed by atoms with Crippen molar-refractivity contribution in [1.82, 2.24) is 10.2 Å². The van der Waals surface area contributed by atoms with Crippen molar-refractivity contribution < 1.29 is 4.79 Å². The first-order valence-corrected chi connectivity index (χ1v) is 6.84. The summed E-state index contributed by atoms with van der Waals surface area (Å²) in [5, 5.41) is 3.17. The molecule has 0 aromatic heterocycles. The molecule has 1 saturated heterocycles. The van der Waals surface area contributed by atoms with E-state index in [1.165, 1.54) is 12.8 Å². The Bertz CT molecular complexity index is 454. The van der Waals surface area contributed by atoms with Gasteiger partial charge in [-0.05, 0) is 37.8 Å². The number of aryl methyl sites for hydroxylation is 1. The molecule has 0 bridgehead atoms. The molecule has 1 amide bonds. The minimum atomic E-state index is 0.0794. The fourth-order valence-electron chi connectivity index (χ4n) is 2.77. The van der Waals surface area contributed by atoms with Gasteiger partial charge in [0.05, 0.1) is 0 Å². The summed E-state index contributed by atoms with van der Waals surface area (Å²) in [6.07, 6.45) is 3.78. The zero-order chi connectivity index (χ0) is 12.5. The van der Waals surface area contributed by atoms with E-state index < -0.39 is 0 Å². The molecule has 1 aliphatic carbocycles. The average Bonchev–Trinajstić information content (AvgIpc) is 3.11. The fraction of sp³-hybridized carbons (Fsp3) is 0.533. The van der Waals surface area contributed by atoms with Gasteiger partial charge in [0.15, 0.2) is 0 Å². The van der Waals surface area contributed by atoms with Crippen LogP contribution in [0.1, 0.15) is 35.2 Å². The summed E-state index contributed by atoms with van der Waals surface area (Å²) in [7, 11) is 0. The minimum Gasteiger partial charge on any atom is -0.348 e. The second kappa shape index (κ2) is 4.73. The van der Waals surface area contributed by atoms with Crippen molar-refractivity contribution in [3.05, 3.63) is 35.4 Å². The molecule has 2 fully saturated rings. The van der Waals surface area contributed by atoms with Crippen LogP contribution < -0.4 is 5.32 Å². The van der Waals surface area contributed by atoms with E-state index in [-0.39, 0.29) is 5.91 Å². The number of hydrogen-bond acceptors (Lipinski definition) is 2. The third-order valence-corrected chi connectivity index (χ3v) is 4.01. The van der Waals surface area contributed by atoms with Crippen LogP contribution >= 0.6 is 0 Å². The Morgan fingerprint density at radius 1 is 1.28 bits per heavy atom. The van der Waals surface area contributed by atoms with Crippen LogP contribution in [0, 0.1) is 6.92 Å². The van der Waals surface area contributed by atoms with Crippen LogP contribution in [0.2, 0.25) is 0 Å². The highest BCUT2D eigenvalue weighted by Gasteiger charge is 2.34. The van der Waals surface area contributed by atoms with Gasteiger partial charge in [-0.15, -0.1) is 0 Å². The fourth-order valence-corrected chi connectivity index (χ4v) is 2.77. The maximum Gasteiger partial charge on any atom is 0.251 e. The van der Waals surface area contributed by atoms with Crippen molar-refractivity contribution in [2.24, 2.45) is 0 Å². The smallest absolute Gasteiger partial charge is 0.251 e. The molecule has 3 rings (SSSR count). The number of nitrogens with zero attached hydrogens (tertiary/aromatic N) is 1. The summed E-state index contributed by atoms with van der Waals surface area (Å²) in [4.78, 5) is 14.7. The molecule has 3 nitrogen and oxygen atoms in total. The van der Waals surface area contributed by atoms with Crippen molar-refractivity contribution in [2.45, 2.75) is 38.3 Å². The first-order chi connectivity index (χ1) is 8.74. The number of amides is 1. The van der Waals surface area contributed by atoms with Gasteiger partial charge < -0.3 is 5.32 Å². The van der Waals surface area contributed by atoms with Gasteiger partial charge in [-0.25, -0.2) is 0 Å². The Morgan fingerprint density at radius 3 is 2.78 bits per heavy atom. The lowest BCUT2D eigenvalue weighted by Gasteiger charge is -2.16. The molecule has 96 valence electrons. The second-order valence-electron chi connectivity index (χ2n) is 5.50. The normalized spacial score (nSPS) is 24.2. The van der Waals surface area contributed by atoms with E-state index in [9.17, 15) is 4.79 Å². The molecule has 3 heteroatoms. The number of carbonyl (C=O) groups excluding carboxylic acids is 1. The summed E-state index contributed by atoms with van der Waals surface area (Å²) >= 11 is 0. The summed E-state index contributed by atoms with van der Waals surface area (Å²) in [6, 6.07) is 8.92. The average molecular weight is 244 g/mol. The quantitative estimate of drug-likeness (QED) is 0.881. The highest BCUT2D eigenvalue weighted by atomic mass is 16.1. The lowest BCUT2D eigenvalue weighted by molar-refractivity contribution is 0.0937. The Hall–Kier alpha value is -1.35. The molecule has 0 spiro atoms. The van der Waals surface area contributed by atoms with Crippen molar-refractivity contribution in [3.63, 3.8) is 0 Å². The van der Waals surface area contributed by atoms with Crippen LogP contribution in [-0.2, 0) is 0 Å². The Balaban J connectivity index is 1.60. The lowest BCUT2D eigenvalue weighted by atomic mass is 10.1. The zero-order valence-electron chi connectivity index (χ0n) is 10.9. The summed E-state index contributed by atoms with van der Waals surface area (Å²) in [6.45, 7) is 4.16. The van der Waals surface area contributed by atoms with E-state index in [0.29, 0.717) is 6.04 Å². The van der Waals surface area contributed by atoms with E-state index in [4.69, 9.17) is 0 Å². The van der Waals surface area contributed by atoms with Gasteiger partial charge in [-0.2, -0.15) is 0 Å². The van der Waals surface area contributed by atoms with E-state index >= 15 is 0 Å². The lowest BCUT2D eigenvalue weighted by Crippen LogP contribution is -2.37. The summed E-state index contributed by atoms with van der Waals surface area (Å²) in [5.41, 5.74) is 1.86. The highest BCUT2D eigenvalue weighted by molar-refractivity contribution is 5.95. The molecule has 18 heavy (non-hydrogen) atoms. The van der Waals surface area contributed by atoms with Crippen molar-refractivity contribution >= 4 is 5.91 Å². The van der Waals surface area contributed by atoms with Crippen LogP contribution in [-0.4, -0.2) is 36.0 Å². The van der Waals surface area contributed by atoms with E-state index in [0.717, 1.165) is 36.7 Å². The molecule has 0 unspecified atom stereocenters. The number of likely N-dealkylation sites (tertiary alicyclic amines) is 1. The topological polar surface area (TPSA) is 32.3 Å². The highest BCUT2D eigenvalue weighted by Crippen LogP contribution is 2.29. The molecular weight excluding hydrogens is 224 g/mol. The van der Waals surface area contributed by atoms with Crippen LogP contribution in [0.3, 0.4) is 0 Å². The monoisotopic (exact) mass is 244 g/mol. The second-order valence-corrected chi connectivity index (χ2v) is 5.50. The Morgan fingerprint density at radius 2 is 2.06 bits per heavy atom. The maximum absolute atomic E-state index is 12.2. The molecule has 0 radical (unpaired) electrons. The molecule has 1 aromatic carbocycles. The Labute approximate surface area is 108 Å². The van der Waals surface area contributed by atoms with Crippen molar-refractivity contribution in [3.8, 4) is 0 Å². The molecule has 1 heterocycles. The first kappa shape index (κ1) is 11.7. The largest absolute Gasteiger partial charge is 0.348 e. The summed E-state index contributed by atoms with van der Waals surface area (Å²) < 4.78 is 0. The number of hydrogen-bond donors (Lipinski definition) is 1. The zero-order valence-corrected chi connectivity index (χ0v) is 10.9. The van der Waals surface area contributed by atoms with E-state index in [1.807, 2.05) is 31.2 Å². The van der Waals surface area contributed by atoms with E-state index in [1.54, 1.807) is 0 Å². The number of carbonyl (C=O) groups is 1. The van der Waals surface area contributed by atoms with Gasteiger partial charge in [-0.3, -0.25) is 9.69 Å². The predicted molar refractivity (Wildman–Crippen MR) is 71.6 cm³/mol. The van der Waals surface area contributed by atoms with Crippen LogP contribution in [0.4, 0.5) is 0 Å². The molecule has 1 N–H and O–H groups in total. The number of rotatable bonds is 3. The predicted octanol–water partition coefficient (Wildman–Crippen LogP) is 1.96. The minimum absolute atomic E-state index is 0.0794. The SMILES string of the molecule is Cc1ccccc1C(=O)N[C@@H]1CCN(C2CC2)C1. The van der Waals surface area contributed by atoms with Gasteiger partial charge in [0.1, 0.15) is 0 Å². The van der Waals surface area contributed by atoms with E-state index in [2.05, 4.69) is 10.2 Å². The molecule has 1 saturated carbocycles. The van der Waals surface area contributed by atoms with Gasteiger partial charge >= 0.3 is 0 Å². The third-order valence-electron chi connectivity index (χ3n) is 4.01. The summed E-state index contributed by atoms with van der Waals surface area (Å²) in [5.74, 6) is 0.0794. The molecule has 1 atom stereocenters. The van der Waals surface area contributed by atoms with Gasteiger partial charge in [-0.1, -0.05) is 18.2 Å². The van der Waals surface area contributed by atoms with Crippen LogP contribution in [0.25, 0.3) is 0 Å². The van der Waals surface area contributed by atoms with Crippen molar-refractivity contribution in [2.75, 3.05) is 13.1 Å². The maximum atomic E-state index is 12.2. The van der Waals surface area contributed by atoms with Crippen molar-refractivity contribution in [1.29, 1.82) is 0 Å². The molecular formula is C15H20N2O. The first-order valence-electron chi connectivity index (χ1n) is 6.84. The molecule has 1 aliphatic heterocycles.